The summed E-state index contributed by atoms with van der Waals surface area (Å²) in [6.45, 7) is 3.54. The van der Waals surface area contributed by atoms with Gasteiger partial charge in [-0.05, 0) is 49.7 Å². The lowest BCUT2D eigenvalue weighted by atomic mass is 10.0. The maximum absolute atomic E-state index is 13.6. The van der Waals surface area contributed by atoms with Crippen LogP contribution < -0.4 is 0 Å². The van der Waals surface area contributed by atoms with E-state index in [1.54, 1.807) is 29.7 Å². The molecule has 0 spiro atoms. The Kier molecular flexibility index (Phi) is 3.36. The number of pyridine rings is 1. The molecule has 0 saturated carbocycles. The number of hydrogen-bond acceptors (Lipinski definition) is 3. The monoisotopic (exact) mass is 331 g/mol. The fraction of sp³-hybridized carbons (Fsp3) is 0.105. The number of halogens is 1. The molecule has 0 bridgehead atoms. The van der Waals surface area contributed by atoms with Crippen molar-refractivity contribution < 1.29 is 4.39 Å². The normalized spacial score (nSPS) is 11.0. The molecule has 0 atom stereocenters. The Labute approximate surface area is 143 Å². The maximum Gasteiger partial charge on any atom is 0.147 e. The summed E-state index contributed by atoms with van der Waals surface area (Å²) in [5.74, 6) is -0.241. The summed E-state index contributed by atoms with van der Waals surface area (Å²) in [5, 5.41) is 16.6. The number of nitriles is 1. The second-order valence-electron chi connectivity index (χ2n) is 5.92. The third-order valence-corrected chi connectivity index (χ3v) is 4.28. The molecule has 0 fully saturated rings. The van der Waals surface area contributed by atoms with Crippen molar-refractivity contribution in [2.24, 2.45) is 0 Å². The van der Waals surface area contributed by atoms with Crippen LogP contribution in [-0.4, -0.2) is 19.6 Å². The van der Waals surface area contributed by atoms with Gasteiger partial charge in [0.15, 0.2) is 0 Å². The topological polar surface area (TPSA) is 69.8 Å². The highest BCUT2D eigenvalue weighted by atomic mass is 19.1. The van der Waals surface area contributed by atoms with Crippen molar-refractivity contribution in [1.82, 2.24) is 19.6 Å². The predicted molar refractivity (Wildman–Crippen MR) is 92.4 cm³/mol. The van der Waals surface area contributed by atoms with Crippen molar-refractivity contribution in [3.8, 4) is 28.5 Å². The van der Waals surface area contributed by atoms with Crippen LogP contribution in [0, 0.1) is 31.0 Å². The van der Waals surface area contributed by atoms with Crippen molar-refractivity contribution in [2.45, 2.75) is 13.8 Å². The molecular formula is C19H14FN5. The van der Waals surface area contributed by atoms with Crippen LogP contribution in [0.5, 0.6) is 0 Å². The first-order valence-electron chi connectivity index (χ1n) is 7.78. The minimum atomic E-state index is -0.241. The van der Waals surface area contributed by atoms with Crippen molar-refractivity contribution in [1.29, 1.82) is 5.26 Å². The Balaban J connectivity index is 1.89. The molecule has 4 rings (SSSR count). The van der Waals surface area contributed by atoms with Crippen LogP contribution in [0.4, 0.5) is 4.39 Å². The summed E-state index contributed by atoms with van der Waals surface area (Å²) in [7, 11) is 0. The van der Waals surface area contributed by atoms with Gasteiger partial charge in [0.05, 0.1) is 11.4 Å². The molecule has 0 unspecified atom stereocenters. The largest absolute Gasteiger partial charge is 0.290 e. The summed E-state index contributed by atoms with van der Waals surface area (Å²) >= 11 is 0. The van der Waals surface area contributed by atoms with Gasteiger partial charge in [0, 0.05) is 29.1 Å². The molecule has 3 heterocycles. The average molecular weight is 331 g/mol. The van der Waals surface area contributed by atoms with E-state index in [4.69, 9.17) is 0 Å². The van der Waals surface area contributed by atoms with Crippen molar-refractivity contribution in [3.63, 3.8) is 0 Å². The van der Waals surface area contributed by atoms with E-state index >= 15 is 0 Å². The molecule has 5 nitrogen and oxygen atoms in total. The quantitative estimate of drug-likeness (QED) is 0.603. The molecule has 0 saturated heterocycles. The van der Waals surface area contributed by atoms with Gasteiger partial charge in [0.1, 0.15) is 23.2 Å². The third-order valence-electron chi connectivity index (χ3n) is 4.28. The number of rotatable bonds is 2. The summed E-state index contributed by atoms with van der Waals surface area (Å²) in [5.41, 5.74) is 5.84. The number of aryl methyl sites for hydroxylation is 2. The molecule has 0 amide bonds. The highest BCUT2D eigenvalue weighted by Gasteiger charge is 2.14. The molecule has 3 aromatic heterocycles. The lowest BCUT2D eigenvalue weighted by molar-refractivity contribution is 0.619. The van der Waals surface area contributed by atoms with E-state index in [9.17, 15) is 9.65 Å². The van der Waals surface area contributed by atoms with E-state index in [-0.39, 0.29) is 5.82 Å². The molecule has 0 aliphatic rings. The Morgan fingerprint density at radius 2 is 1.96 bits per heavy atom. The van der Waals surface area contributed by atoms with Crippen molar-refractivity contribution in [3.05, 3.63) is 65.5 Å². The zero-order valence-electron chi connectivity index (χ0n) is 13.7. The Bertz CT molecular complexity index is 1150. The van der Waals surface area contributed by atoms with Crippen LogP contribution >= 0.6 is 0 Å². The number of nitrogens with zero attached hydrogens (tertiary/aromatic N) is 4. The molecule has 25 heavy (non-hydrogen) atoms. The first kappa shape index (κ1) is 15.1. The van der Waals surface area contributed by atoms with Crippen LogP contribution in [-0.2, 0) is 0 Å². The van der Waals surface area contributed by atoms with Gasteiger partial charge in [-0.15, -0.1) is 0 Å². The van der Waals surface area contributed by atoms with Crippen LogP contribution in [0.3, 0.4) is 0 Å². The Morgan fingerprint density at radius 3 is 2.72 bits per heavy atom. The Hall–Kier alpha value is -3.46. The number of benzene rings is 1. The van der Waals surface area contributed by atoms with E-state index in [0.29, 0.717) is 17.0 Å². The molecule has 6 heteroatoms. The van der Waals surface area contributed by atoms with E-state index in [1.807, 2.05) is 25.3 Å². The van der Waals surface area contributed by atoms with Crippen molar-refractivity contribution in [2.75, 3.05) is 0 Å². The van der Waals surface area contributed by atoms with Gasteiger partial charge >= 0.3 is 0 Å². The van der Waals surface area contributed by atoms with Gasteiger partial charge in [-0.3, -0.25) is 9.50 Å². The molecule has 1 N–H and O–H groups in total. The van der Waals surface area contributed by atoms with Gasteiger partial charge in [0.2, 0.25) is 0 Å². The zero-order valence-corrected chi connectivity index (χ0v) is 13.7. The molecule has 0 radical (unpaired) electrons. The molecular weight excluding hydrogens is 317 g/mol. The van der Waals surface area contributed by atoms with Crippen LogP contribution in [0.25, 0.3) is 28.0 Å². The lowest BCUT2D eigenvalue weighted by Gasteiger charge is -2.06. The summed E-state index contributed by atoms with van der Waals surface area (Å²) in [6.07, 6.45) is 3.67. The van der Waals surface area contributed by atoms with E-state index < -0.39 is 0 Å². The van der Waals surface area contributed by atoms with Gasteiger partial charge in [-0.1, -0.05) is 0 Å². The highest BCUT2D eigenvalue weighted by Crippen LogP contribution is 2.31. The van der Waals surface area contributed by atoms with Crippen LogP contribution in [0.2, 0.25) is 0 Å². The van der Waals surface area contributed by atoms with Gasteiger partial charge in [-0.25, -0.2) is 9.37 Å². The molecule has 1 aromatic carbocycles. The maximum atomic E-state index is 13.6. The third kappa shape index (κ3) is 2.37. The second kappa shape index (κ2) is 5.56. The van der Waals surface area contributed by atoms with Crippen molar-refractivity contribution >= 4 is 5.65 Å². The number of aromatic nitrogens is 4. The average Bonchev–Trinajstić information content (AvgIpc) is 3.20. The van der Waals surface area contributed by atoms with Crippen LogP contribution in [0.1, 0.15) is 17.0 Å². The SMILES string of the molecule is Cc1cc(-c2n[nH]cc2-c2ccc3nc(C)c(C#N)n3c2)ccc1F. The zero-order chi connectivity index (χ0) is 17.6. The number of fused-ring (bicyclic) bond motifs is 1. The molecule has 122 valence electrons. The highest BCUT2D eigenvalue weighted by molar-refractivity contribution is 5.80. The van der Waals surface area contributed by atoms with Crippen LogP contribution in [0.15, 0.2) is 42.7 Å². The minimum Gasteiger partial charge on any atom is -0.290 e. The van der Waals surface area contributed by atoms with Gasteiger partial charge in [-0.2, -0.15) is 10.4 Å². The number of aromatic amines is 1. The number of H-pyrrole nitrogens is 1. The van der Waals surface area contributed by atoms with Gasteiger partial charge in [0.25, 0.3) is 0 Å². The smallest absolute Gasteiger partial charge is 0.147 e. The van der Waals surface area contributed by atoms with E-state index in [2.05, 4.69) is 21.3 Å². The van der Waals surface area contributed by atoms with E-state index in [0.717, 1.165) is 28.0 Å². The fourth-order valence-corrected chi connectivity index (χ4v) is 2.98. The first-order chi connectivity index (χ1) is 12.1. The molecule has 0 aliphatic heterocycles. The number of imidazole rings is 1. The van der Waals surface area contributed by atoms with E-state index in [1.165, 1.54) is 6.07 Å². The summed E-state index contributed by atoms with van der Waals surface area (Å²) in [6, 6.07) is 10.9. The lowest BCUT2D eigenvalue weighted by Crippen LogP contribution is -1.91. The predicted octanol–water partition coefficient (Wildman–Crippen LogP) is 4.02. The van der Waals surface area contributed by atoms with Gasteiger partial charge < -0.3 is 0 Å². The number of hydrogen-bond donors (Lipinski definition) is 1. The summed E-state index contributed by atoms with van der Waals surface area (Å²) in [4.78, 5) is 4.38. The molecule has 4 aromatic rings. The fourth-order valence-electron chi connectivity index (χ4n) is 2.98. The Morgan fingerprint density at radius 1 is 1.16 bits per heavy atom. The first-order valence-corrected chi connectivity index (χ1v) is 7.78. The second-order valence-corrected chi connectivity index (χ2v) is 5.92. The summed E-state index contributed by atoms with van der Waals surface area (Å²) < 4.78 is 15.3. The molecule has 0 aliphatic carbocycles. The number of nitrogens with one attached hydrogen (secondary N) is 1. The standard InChI is InChI=1S/C19H14FN5/c1-11-7-13(3-5-16(11)20)19-15(9-22-24-19)14-4-6-18-23-12(2)17(8-21)25(18)10-14/h3-7,9-10H,1-2H3,(H,22,24). The minimum absolute atomic E-state index is 0.241.